The van der Waals surface area contributed by atoms with Gasteiger partial charge in [0.05, 0.1) is 12.8 Å². The number of esters is 1. The summed E-state index contributed by atoms with van der Waals surface area (Å²) in [6.45, 7) is 1.67. The molecule has 1 aromatic heterocycles. The molecule has 8 nitrogen and oxygen atoms in total. The number of carbonyl (C=O) groups is 3. The number of halogens is 1. The lowest BCUT2D eigenvalue weighted by molar-refractivity contribution is -0.142. The molecule has 0 spiro atoms. The molecule has 34 heavy (non-hydrogen) atoms. The highest BCUT2D eigenvalue weighted by Gasteiger charge is 2.24. The number of hydrogen-bond acceptors (Lipinski definition) is 7. The van der Waals surface area contributed by atoms with Crippen LogP contribution in [0.3, 0.4) is 0 Å². The van der Waals surface area contributed by atoms with Gasteiger partial charge in [-0.3, -0.25) is 4.79 Å². The van der Waals surface area contributed by atoms with Crippen molar-refractivity contribution in [1.29, 1.82) is 0 Å². The van der Waals surface area contributed by atoms with Gasteiger partial charge in [0, 0.05) is 23.1 Å². The first-order valence-corrected chi connectivity index (χ1v) is 11.3. The first-order valence-electron chi connectivity index (χ1n) is 10.5. The smallest absolute Gasteiger partial charge is 0.408 e. The van der Waals surface area contributed by atoms with E-state index in [1.807, 2.05) is 13.0 Å². The number of ether oxygens (including phenoxy) is 2. The average molecular weight is 486 g/mol. The molecule has 10 heteroatoms. The van der Waals surface area contributed by atoms with E-state index in [0.29, 0.717) is 12.0 Å². The minimum atomic E-state index is -1.20. The molecule has 0 aliphatic rings. The predicted molar refractivity (Wildman–Crippen MR) is 125 cm³/mol. The first-order chi connectivity index (χ1) is 16.4. The molecule has 0 saturated heterocycles. The summed E-state index contributed by atoms with van der Waals surface area (Å²) < 4.78 is 28.3. The zero-order chi connectivity index (χ0) is 24.5. The number of nitrogens with one attached hydrogen (secondary N) is 2. The van der Waals surface area contributed by atoms with Gasteiger partial charge in [0.15, 0.2) is 0 Å². The Morgan fingerprint density at radius 1 is 1.15 bits per heavy atom. The highest BCUT2D eigenvalue weighted by molar-refractivity contribution is 7.04. The van der Waals surface area contributed by atoms with Crippen molar-refractivity contribution in [3.8, 4) is 11.1 Å². The van der Waals surface area contributed by atoms with Crippen LogP contribution < -0.4 is 10.6 Å². The van der Waals surface area contributed by atoms with E-state index in [0.717, 1.165) is 30.0 Å². The van der Waals surface area contributed by atoms with E-state index in [1.165, 1.54) is 17.6 Å². The van der Waals surface area contributed by atoms with E-state index < -0.39 is 29.8 Å². The second kappa shape index (κ2) is 11.9. The highest BCUT2D eigenvalue weighted by Crippen LogP contribution is 2.27. The van der Waals surface area contributed by atoms with Crippen LogP contribution in [0.2, 0.25) is 0 Å². The number of nitrogens with zero attached hydrogens (tertiary/aromatic N) is 1. The van der Waals surface area contributed by atoms with Gasteiger partial charge in [0.1, 0.15) is 18.5 Å². The third kappa shape index (κ3) is 6.61. The molecule has 0 bridgehead atoms. The van der Waals surface area contributed by atoms with Gasteiger partial charge in [0.25, 0.3) is 5.91 Å². The van der Waals surface area contributed by atoms with Crippen LogP contribution in [-0.4, -0.2) is 42.0 Å². The largest absolute Gasteiger partial charge is 0.467 e. The summed E-state index contributed by atoms with van der Waals surface area (Å²) in [5.41, 5.74) is 2.94. The fourth-order valence-electron chi connectivity index (χ4n) is 3.17. The minimum Gasteiger partial charge on any atom is -0.467 e. The predicted octanol–water partition coefficient (Wildman–Crippen LogP) is 3.71. The summed E-state index contributed by atoms with van der Waals surface area (Å²) in [5, 5.41) is 6.70. The molecule has 1 atom stereocenters. The lowest BCUT2D eigenvalue weighted by atomic mass is 10.0. The molecule has 0 saturated carbocycles. The number of alkyl carbamates (subject to hydrolysis) is 1. The van der Waals surface area contributed by atoms with Crippen molar-refractivity contribution in [1.82, 2.24) is 15.0 Å². The molecule has 2 N–H and O–H groups in total. The normalized spacial score (nSPS) is 11.4. The molecule has 0 aliphatic carbocycles. The third-order valence-corrected chi connectivity index (χ3v) is 5.57. The molecule has 3 rings (SSSR count). The molecule has 0 fully saturated rings. The SMILES string of the molecule is CCc1nscc1-c1cc(F)cc(C(=O)NC[C@@H](NC(=O)OCc2ccccc2)C(=O)OC)c1. The first kappa shape index (κ1) is 24.8. The monoisotopic (exact) mass is 485 g/mol. The Labute approximate surface area is 200 Å². The standard InChI is InChI=1S/C24H24FN3O5S/c1-3-20-19(14-34-28-20)16-9-17(11-18(25)10-16)22(29)26-12-21(23(30)32-2)27-24(31)33-13-15-7-5-4-6-8-15/h4-11,14,21H,3,12-13H2,1-2H3,(H,26,29)(H,27,31)/t21-/m1/s1. The maximum atomic E-state index is 14.2. The van der Waals surface area contributed by atoms with Crippen molar-refractivity contribution in [2.75, 3.05) is 13.7 Å². The summed E-state index contributed by atoms with van der Waals surface area (Å²) in [4.78, 5) is 36.9. The molecule has 2 amide bonds. The van der Waals surface area contributed by atoms with Crippen LogP contribution >= 0.6 is 11.5 Å². The Morgan fingerprint density at radius 3 is 2.62 bits per heavy atom. The van der Waals surface area contributed by atoms with Crippen LogP contribution in [0.5, 0.6) is 0 Å². The number of amides is 2. The third-order valence-electron chi connectivity index (χ3n) is 4.91. The summed E-state index contributed by atoms with van der Waals surface area (Å²) in [7, 11) is 1.16. The van der Waals surface area contributed by atoms with Gasteiger partial charge in [-0.05, 0) is 47.3 Å². The van der Waals surface area contributed by atoms with Gasteiger partial charge in [0.2, 0.25) is 0 Å². The second-order valence-electron chi connectivity index (χ2n) is 7.25. The van der Waals surface area contributed by atoms with E-state index in [4.69, 9.17) is 9.47 Å². The van der Waals surface area contributed by atoms with Crippen LogP contribution in [0.15, 0.2) is 53.9 Å². The number of carbonyl (C=O) groups excluding carboxylic acids is 3. The van der Waals surface area contributed by atoms with Crippen molar-refractivity contribution in [2.45, 2.75) is 26.0 Å². The van der Waals surface area contributed by atoms with E-state index >= 15 is 0 Å². The van der Waals surface area contributed by atoms with Crippen LogP contribution in [0.1, 0.15) is 28.5 Å². The fraction of sp³-hybridized carbons (Fsp3) is 0.250. The second-order valence-corrected chi connectivity index (χ2v) is 7.88. The molecule has 0 aliphatic heterocycles. The van der Waals surface area contributed by atoms with Gasteiger partial charge < -0.3 is 20.1 Å². The number of methoxy groups -OCH3 is 1. The van der Waals surface area contributed by atoms with E-state index in [1.54, 1.807) is 35.7 Å². The lowest BCUT2D eigenvalue weighted by Crippen LogP contribution is -2.49. The maximum Gasteiger partial charge on any atom is 0.408 e. The van der Waals surface area contributed by atoms with Crippen molar-refractivity contribution in [2.24, 2.45) is 0 Å². The molecule has 0 radical (unpaired) electrons. The summed E-state index contributed by atoms with van der Waals surface area (Å²) in [6, 6.07) is 11.8. The maximum absolute atomic E-state index is 14.2. The molecular weight excluding hydrogens is 461 g/mol. The lowest BCUT2D eigenvalue weighted by Gasteiger charge is -2.17. The van der Waals surface area contributed by atoms with Crippen LogP contribution in [-0.2, 0) is 27.3 Å². The van der Waals surface area contributed by atoms with Crippen LogP contribution in [0.25, 0.3) is 11.1 Å². The quantitative estimate of drug-likeness (QED) is 0.448. The molecule has 1 heterocycles. The fourth-order valence-corrected chi connectivity index (χ4v) is 3.95. The van der Waals surface area contributed by atoms with Gasteiger partial charge in [-0.25, -0.2) is 14.0 Å². The number of benzene rings is 2. The number of aryl methyl sites for hydroxylation is 1. The number of hydrogen-bond donors (Lipinski definition) is 2. The zero-order valence-corrected chi connectivity index (χ0v) is 19.5. The Hall–Kier alpha value is -3.79. The molecule has 3 aromatic rings. The minimum absolute atomic E-state index is 0.0101. The Kier molecular flexibility index (Phi) is 8.69. The van der Waals surface area contributed by atoms with Crippen molar-refractivity contribution >= 4 is 29.5 Å². The van der Waals surface area contributed by atoms with E-state index in [2.05, 4.69) is 15.0 Å². The van der Waals surface area contributed by atoms with Crippen molar-refractivity contribution in [3.63, 3.8) is 0 Å². The summed E-state index contributed by atoms with van der Waals surface area (Å²) in [5.74, 6) is -1.97. The topological polar surface area (TPSA) is 107 Å². The van der Waals surface area contributed by atoms with Crippen LogP contribution in [0, 0.1) is 5.82 Å². The summed E-state index contributed by atoms with van der Waals surface area (Å²) >= 11 is 1.26. The zero-order valence-electron chi connectivity index (χ0n) is 18.7. The highest BCUT2D eigenvalue weighted by atomic mass is 32.1. The Morgan fingerprint density at radius 2 is 1.91 bits per heavy atom. The van der Waals surface area contributed by atoms with Crippen LogP contribution in [0.4, 0.5) is 9.18 Å². The molecular formula is C24H24FN3O5S. The van der Waals surface area contributed by atoms with E-state index in [9.17, 15) is 18.8 Å². The molecule has 178 valence electrons. The van der Waals surface area contributed by atoms with Crippen molar-refractivity contribution in [3.05, 3.63) is 76.5 Å². The average Bonchev–Trinajstić information content (AvgIpc) is 3.34. The number of rotatable bonds is 9. The van der Waals surface area contributed by atoms with Gasteiger partial charge in [-0.1, -0.05) is 37.3 Å². The van der Waals surface area contributed by atoms with Crippen molar-refractivity contribution < 1.29 is 28.2 Å². The number of aromatic nitrogens is 1. The van der Waals surface area contributed by atoms with Gasteiger partial charge >= 0.3 is 12.1 Å². The van der Waals surface area contributed by atoms with Gasteiger partial charge in [-0.15, -0.1) is 0 Å². The molecule has 2 aromatic carbocycles. The Bertz CT molecular complexity index is 1150. The Balaban J connectivity index is 1.64. The summed E-state index contributed by atoms with van der Waals surface area (Å²) in [6.07, 6.45) is -0.178. The molecule has 0 unspecified atom stereocenters. The van der Waals surface area contributed by atoms with E-state index in [-0.39, 0.29) is 18.7 Å². The van der Waals surface area contributed by atoms with Gasteiger partial charge in [-0.2, -0.15) is 4.37 Å².